The molecule has 0 spiro atoms. The number of carbonyl (C=O) groups excluding carboxylic acids is 4. The number of hydrogen-bond acceptors (Lipinski definition) is 34. The predicted molar refractivity (Wildman–Crippen MR) is 502 cm³/mol. The van der Waals surface area contributed by atoms with Crippen molar-refractivity contribution in [1.29, 1.82) is 0 Å². The van der Waals surface area contributed by atoms with Crippen molar-refractivity contribution in [1.82, 2.24) is 26.2 Å². The fourth-order valence-corrected chi connectivity index (χ4v) is 15.5. The summed E-state index contributed by atoms with van der Waals surface area (Å²) < 4.78 is 98.3. The first-order valence-corrected chi connectivity index (χ1v) is 50.3. The van der Waals surface area contributed by atoms with E-state index in [1.165, 1.54) is 103 Å². The van der Waals surface area contributed by atoms with E-state index in [2.05, 4.69) is 95.7 Å². The Bertz CT molecular complexity index is 2880. The zero-order valence-corrected chi connectivity index (χ0v) is 81.5. The minimum atomic E-state index is -1.59. The lowest BCUT2D eigenvalue weighted by Gasteiger charge is -2.39. The summed E-state index contributed by atoms with van der Waals surface area (Å²) in [6.07, 6.45) is 30.6. The van der Waals surface area contributed by atoms with Crippen LogP contribution in [0.15, 0.2) is 48.6 Å². The number of unbranched alkanes of at least 4 members (excludes halogenated alkanes) is 20. The van der Waals surface area contributed by atoms with Gasteiger partial charge in [0, 0.05) is 70.6 Å². The molecule has 0 radical (unpaired) electrons. The van der Waals surface area contributed by atoms with Crippen LogP contribution in [0.5, 0.6) is 0 Å². The largest absolute Gasteiger partial charge is 0.396 e. The standard InChI is InChI=1S/C97H177N5O33/c1-4-6-8-10-12-14-16-18-20-22-24-26-28-30-32-36-43-97(44-37-33-31-29-27-25-23-21-19-17-15-13-11-9-7-5-2)132-72-77(135-97)67-102(3)48-38-34-35-39-83(109)101-96(74-126-50-41-81(107)99-46-53-120-56-59-123-62-65-129-94-91(117)88(114)85(111)78(69-104)133-94,75-127-51-42-82(108)100-47-54-121-57-60-124-63-66-130-95-92(118)89(115)86(112)79(70-105)134-95)73-125-49-40-80(106)98-45-52-119-55-58-122-61-64-128-93-90(116)87(113)84(110)76(68-103)71-131-93/h12-15,18-21,76-79,84-95,103-105,110-118H,4-11,16-17,22-75H2,1-3H3,(H,98,106)(H,99,107)(H,100,108)(H,101,109)/b14-12-,15-13-,20-18-,21-19-/t76?,77-,78?,79?,84+,85+,86+,87?,88?,89?,90?,91?,92?,93+,94+,95+,96?/m0/s1. The maximum absolute atomic E-state index is 14.3. The van der Waals surface area contributed by atoms with Crippen molar-refractivity contribution in [2.75, 3.05) is 212 Å². The highest BCUT2D eigenvalue weighted by atomic mass is 16.8. The molecule has 4 amide bonds. The van der Waals surface area contributed by atoms with E-state index in [1.807, 2.05) is 0 Å². The van der Waals surface area contributed by atoms with E-state index in [0.29, 0.717) is 19.6 Å². The van der Waals surface area contributed by atoms with E-state index in [4.69, 9.17) is 80.5 Å². The summed E-state index contributed by atoms with van der Waals surface area (Å²) in [6, 6.07) is 0. The van der Waals surface area contributed by atoms with Gasteiger partial charge in [0.2, 0.25) is 23.6 Å². The predicted octanol–water partition coefficient (Wildman–Crippen LogP) is 4.22. The Morgan fingerprint density at radius 2 is 0.733 bits per heavy atom. The topological polar surface area (TPSA) is 519 Å². The normalized spacial score (nSPS) is 24.4. The average molecular weight is 1940 g/mol. The third kappa shape index (κ3) is 57.5. The molecule has 788 valence electrons. The maximum Gasteiger partial charge on any atom is 0.222 e. The minimum Gasteiger partial charge on any atom is -0.396 e. The van der Waals surface area contributed by atoms with Crippen molar-refractivity contribution in [3.05, 3.63) is 48.6 Å². The lowest BCUT2D eigenvalue weighted by atomic mass is 9.97. The number of amides is 4. The highest BCUT2D eigenvalue weighted by Gasteiger charge is 2.47. The first-order chi connectivity index (χ1) is 65.7. The molecular weight excluding hydrogens is 1760 g/mol. The average Bonchev–Trinajstić information content (AvgIpc) is 1.66. The monoisotopic (exact) mass is 1940 g/mol. The number of aliphatic hydroxyl groups is 12. The van der Waals surface area contributed by atoms with E-state index >= 15 is 0 Å². The molecule has 9 unspecified atom stereocenters. The van der Waals surface area contributed by atoms with Crippen LogP contribution >= 0.6 is 0 Å². The van der Waals surface area contributed by atoms with Gasteiger partial charge in [0.15, 0.2) is 24.7 Å². The van der Waals surface area contributed by atoms with Crippen LogP contribution in [0.2, 0.25) is 0 Å². The van der Waals surface area contributed by atoms with Gasteiger partial charge in [-0.25, -0.2) is 0 Å². The van der Waals surface area contributed by atoms with Crippen LogP contribution in [0.1, 0.15) is 226 Å². The molecule has 4 aliphatic rings. The fraction of sp³-hybridized carbons (Fsp3) is 0.876. The number of hydrogen-bond donors (Lipinski definition) is 16. The van der Waals surface area contributed by atoms with E-state index < -0.39 is 123 Å². The molecular formula is C97H177N5O33. The van der Waals surface area contributed by atoms with Crippen LogP contribution in [-0.4, -0.2) is 405 Å². The number of aliphatic hydroxyl groups excluding tert-OH is 12. The van der Waals surface area contributed by atoms with Gasteiger partial charge in [0.25, 0.3) is 0 Å². The van der Waals surface area contributed by atoms with Crippen LogP contribution in [0, 0.1) is 5.92 Å². The van der Waals surface area contributed by atoms with Crippen LogP contribution in [-0.2, 0) is 99.7 Å². The molecule has 0 aromatic rings. The molecule has 38 heteroatoms. The Balaban J connectivity index is 1.34. The molecule has 4 fully saturated rings. The van der Waals surface area contributed by atoms with Crippen molar-refractivity contribution in [3.8, 4) is 0 Å². The third-order valence-corrected chi connectivity index (χ3v) is 23.6. The molecule has 0 aromatic carbocycles. The summed E-state index contributed by atoms with van der Waals surface area (Å²) in [5, 5.41) is 131. The van der Waals surface area contributed by atoms with Crippen molar-refractivity contribution >= 4 is 23.6 Å². The number of rotatable bonds is 87. The molecule has 0 bridgehead atoms. The molecule has 4 heterocycles. The zero-order chi connectivity index (χ0) is 97.9. The Labute approximate surface area is 802 Å². The molecule has 16 N–H and O–H groups in total. The molecule has 0 saturated carbocycles. The second-order valence-corrected chi connectivity index (χ2v) is 35.3. The summed E-state index contributed by atoms with van der Waals surface area (Å²) in [4.78, 5) is 56.1. The number of ether oxygens (including phenoxy) is 17. The number of nitrogens with one attached hydrogen (secondary N) is 4. The van der Waals surface area contributed by atoms with Crippen LogP contribution < -0.4 is 21.3 Å². The second-order valence-electron chi connectivity index (χ2n) is 35.3. The molecule has 0 aromatic heterocycles. The van der Waals surface area contributed by atoms with E-state index in [-0.39, 0.29) is 220 Å². The summed E-state index contributed by atoms with van der Waals surface area (Å²) in [6.45, 7) is 5.71. The Hall–Kier alpha value is -4.36. The van der Waals surface area contributed by atoms with Crippen molar-refractivity contribution in [3.63, 3.8) is 0 Å². The van der Waals surface area contributed by atoms with E-state index in [9.17, 15) is 80.5 Å². The van der Waals surface area contributed by atoms with Gasteiger partial charge in [-0.1, -0.05) is 146 Å². The lowest BCUT2D eigenvalue weighted by molar-refractivity contribution is -0.302. The SMILES string of the molecule is CCCCC/C=C\C/C=C\CCCCCCCCC1(CCCCCCCC/C=C\C/C=C\CCCCC)OC[C@H](CN(C)CCCCCC(=O)NC(COCCC(=O)NCCOCCOCCO[C@@H]2OCC(CO)[C@@H](O)C(O)C2O)(COCCC(=O)NCCOCCOCCO[C@@H]2OC(CO)[C@@H](O)C(O)C2O)COCCC(=O)NCCOCCOCCO[C@@H]2OC(CO)[C@@H](O)C(O)C2O)O1. The number of allylic oxidation sites excluding steroid dienone is 8. The summed E-state index contributed by atoms with van der Waals surface area (Å²) in [5.74, 6) is -2.79. The van der Waals surface area contributed by atoms with Crippen LogP contribution in [0.3, 0.4) is 0 Å². The summed E-state index contributed by atoms with van der Waals surface area (Å²) in [5.41, 5.74) is -1.41. The maximum atomic E-state index is 14.3. The number of nitrogens with zero attached hydrogens (tertiary/aromatic N) is 1. The van der Waals surface area contributed by atoms with Gasteiger partial charge in [-0.2, -0.15) is 0 Å². The first-order valence-electron chi connectivity index (χ1n) is 50.3. The zero-order valence-electron chi connectivity index (χ0n) is 81.5. The number of likely N-dealkylation sites (N-methyl/N-ethyl adjacent to an activating group) is 1. The molecule has 4 rings (SSSR count). The van der Waals surface area contributed by atoms with Gasteiger partial charge < -0.3 is 168 Å². The van der Waals surface area contributed by atoms with E-state index in [1.54, 1.807) is 0 Å². The molecule has 16 atom stereocenters. The first kappa shape index (κ1) is 123. The van der Waals surface area contributed by atoms with Gasteiger partial charge in [-0.3, -0.25) is 19.2 Å². The molecule has 0 aliphatic carbocycles. The highest BCUT2D eigenvalue weighted by molar-refractivity contribution is 5.77. The van der Waals surface area contributed by atoms with Crippen molar-refractivity contribution in [2.24, 2.45) is 5.92 Å². The van der Waals surface area contributed by atoms with Gasteiger partial charge in [0.05, 0.1) is 184 Å². The quantitative estimate of drug-likeness (QED) is 0.0299. The van der Waals surface area contributed by atoms with Crippen LogP contribution in [0.25, 0.3) is 0 Å². The summed E-state index contributed by atoms with van der Waals surface area (Å²) >= 11 is 0. The van der Waals surface area contributed by atoms with Crippen molar-refractivity contribution in [2.45, 2.75) is 329 Å². The molecule has 135 heavy (non-hydrogen) atoms. The Morgan fingerprint density at radius 3 is 1.14 bits per heavy atom. The molecule has 4 saturated heterocycles. The minimum absolute atomic E-state index is 0.0210. The smallest absolute Gasteiger partial charge is 0.222 e. The lowest BCUT2D eigenvalue weighted by Crippen LogP contribution is -2.59. The van der Waals surface area contributed by atoms with Gasteiger partial charge in [0.1, 0.15) is 66.6 Å². The molecule has 38 nitrogen and oxygen atoms in total. The Morgan fingerprint density at radius 1 is 0.370 bits per heavy atom. The van der Waals surface area contributed by atoms with Gasteiger partial charge in [-0.15, -0.1) is 0 Å². The van der Waals surface area contributed by atoms with E-state index in [0.717, 1.165) is 83.6 Å². The van der Waals surface area contributed by atoms with Gasteiger partial charge in [-0.05, 0) is 103 Å². The third-order valence-electron chi connectivity index (χ3n) is 23.6. The summed E-state index contributed by atoms with van der Waals surface area (Å²) in [7, 11) is 2.09. The molecule has 4 aliphatic heterocycles. The fourth-order valence-electron chi connectivity index (χ4n) is 15.5. The number of carbonyl (C=O) groups is 4. The van der Waals surface area contributed by atoms with Crippen molar-refractivity contribution < 1.29 is 161 Å². The van der Waals surface area contributed by atoms with Gasteiger partial charge >= 0.3 is 0 Å². The second kappa shape index (κ2) is 80.1. The Kier molecular flexibility index (Phi) is 73.0. The van der Waals surface area contributed by atoms with Crippen LogP contribution in [0.4, 0.5) is 0 Å². The highest BCUT2D eigenvalue weighted by Crippen LogP contribution is 2.36.